The van der Waals surface area contributed by atoms with Gasteiger partial charge in [-0.2, -0.15) is 0 Å². The van der Waals surface area contributed by atoms with Gasteiger partial charge in [-0.15, -0.1) is 0 Å². The quantitative estimate of drug-likeness (QED) is 0.839. The number of nitrogen functional groups attached to an aromatic ring is 1. The SMILES string of the molecule is Cc1cc(Cl)c(N)cc1S(=O)(=O)NC1CCCC1. The van der Waals surface area contributed by atoms with Crippen molar-refractivity contribution in [2.75, 3.05) is 5.73 Å². The molecular weight excluding hydrogens is 272 g/mol. The van der Waals surface area contributed by atoms with Crippen LogP contribution in [0.3, 0.4) is 0 Å². The standard InChI is InChI=1S/C12H17ClN2O2S/c1-8-6-10(13)11(14)7-12(8)18(16,17)15-9-4-2-3-5-9/h6-7,9,15H,2-5,14H2,1H3. The van der Waals surface area contributed by atoms with Gasteiger partial charge in [-0.25, -0.2) is 13.1 Å². The van der Waals surface area contributed by atoms with Crippen LogP contribution in [0.15, 0.2) is 17.0 Å². The van der Waals surface area contributed by atoms with E-state index >= 15 is 0 Å². The number of rotatable bonds is 3. The topological polar surface area (TPSA) is 72.2 Å². The molecule has 0 heterocycles. The molecule has 1 saturated carbocycles. The van der Waals surface area contributed by atoms with E-state index in [9.17, 15) is 8.42 Å². The third-order valence-corrected chi connectivity index (χ3v) is 5.25. The Bertz CT molecular complexity index is 551. The highest BCUT2D eigenvalue weighted by Gasteiger charge is 2.24. The summed E-state index contributed by atoms with van der Waals surface area (Å²) in [5.74, 6) is 0. The van der Waals surface area contributed by atoms with E-state index in [1.807, 2.05) is 0 Å². The van der Waals surface area contributed by atoms with Crippen molar-refractivity contribution in [3.8, 4) is 0 Å². The monoisotopic (exact) mass is 288 g/mol. The number of hydrogen-bond acceptors (Lipinski definition) is 3. The Hall–Kier alpha value is -0.780. The fourth-order valence-corrected chi connectivity index (χ4v) is 4.07. The van der Waals surface area contributed by atoms with Gasteiger partial charge in [-0.1, -0.05) is 24.4 Å². The summed E-state index contributed by atoms with van der Waals surface area (Å²) in [7, 11) is -3.50. The van der Waals surface area contributed by atoms with Crippen molar-refractivity contribution >= 4 is 27.3 Å². The predicted octanol–water partition coefficient (Wildman–Crippen LogP) is 2.45. The lowest BCUT2D eigenvalue weighted by atomic mass is 10.2. The average Bonchev–Trinajstić information content (AvgIpc) is 2.75. The molecule has 1 aromatic carbocycles. The van der Waals surface area contributed by atoms with Gasteiger partial charge in [0.15, 0.2) is 0 Å². The molecule has 0 spiro atoms. The van der Waals surface area contributed by atoms with Crippen LogP contribution in [-0.2, 0) is 10.0 Å². The van der Waals surface area contributed by atoms with Crippen molar-refractivity contribution in [2.24, 2.45) is 0 Å². The first-order chi connectivity index (χ1) is 8.40. The van der Waals surface area contributed by atoms with E-state index in [1.165, 1.54) is 6.07 Å². The smallest absolute Gasteiger partial charge is 0.241 e. The highest BCUT2D eigenvalue weighted by molar-refractivity contribution is 7.89. The van der Waals surface area contributed by atoms with Crippen molar-refractivity contribution in [1.29, 1.82) is 0 Å². The summed E-state index contributed by atoms with van der Waals surface area (Å²) in [6.45, 7) is 1.72. The summed E-state index contributed by atoms with van der Waals surface area (Å²) in [5.41, 5.74) is 6.57. The molecule has 6 heteroatoms. The van der Waals surface area contributed by atoms with Gasteiger partial charge in [0, 0.05) is 6.04 Å². The molecule has 1 aromatic rings. The van der Waals surface area contributed by atoms with Crippen LogP contribution in [0.4, 0.5) is 5.69 Å². The number of nitrogens with two attached hydrogens (primary N) is 1. The Morgan fingerprint density at radius 3 is 2.56 bits per heavy atom. The Kier molecular flexibility index (Phi) is 3.84. The molecule has 0 amide bonds. The lowest BCUT2D eigenvalue weighted by Crippen LogP contribution is -2.33. The Balaban J connectivity index is 2.31. The van der Waals surface area contributed by atoms with Crippen molar-refractivity contribution in [1.82, 2.24) is 4.72 Å². The van der Waals surface area contributed by atoms with Gasteiger partial charge in [0.1, 0.15) is 0 Å². The lowest BCUT2D eigenvalue weighted by molar-refractivity contribution is 0.552. The number of aryl methyl sites for hydroxylation is 1. The molecule has 0 aromatic heterocycles. The van der Waals surface area contributed by atoms with Crippen molar-refractivity contribution in [3.05, 3.63) is 22.7 Å². The van der Waals surface area contributed by atoms with Crippen molar-refractivity contribution in [3.63, 3.8) is 0 Å². The van der Waals surface area contributed by atoms with E-state index in [0.29, 0.717) is 10.6 Å². The summed E-state index contributed by atoms with van der Waals surface area (Å²) in [5, 5.41) is 0.382. The molecule has 0 saturated heterocycles. The largest absolute Gasteiger partial charge is 0.397 e. The lowest BCUT2D eigenvalue weighted by Gasteiger charge is -2.15. The first kappa shape index (κ1) is 13.6. The molecule has 0 aliphatic heterocycles. The molecule has 4 nitrogen and oxygen atoms in total. The van der Waals surface area contributed by atoms with Gasteiger partial charge in [-0.3, -0.25) is 0 Å². The minimum absolute atomic E-state index is 0.0475. The second-order valence-electron chi connectivity index (χ2n) is 4.74. The van der Waals surface area contributed by atoms with E-state index in [1.54, 1.807) is 13.0 Å². The minimum atomic E-state index is -3.50. The van der Waals surface area contributed by atoms with Crippen LogP contribution in [0.2, 0.25) is 5.02 Å². The van der Waals surface area contributed by atoms with Crippen LogP contribution in [-0.4, -0.2) is 14.5 Å². The molecule has 0 radical (unpaired) electrons. The van der Waals surface area contributed by atoms with Crippen molar-refractivity contribution in [2.45, 2.75) is 43.5 Å². The summed E-state index contributed by atoms with van der Waals surface area (Å²) in [6.07, 6.45) is 3.96. The van der Waals surface area contributed by atoms with E-state index in [4.69, 9.17) is 17.3 Å². The van der Waals surface area contributed by atoms with Gasteiger partial charge >= 0.3 is 0 Å². The summed E-state index contributed by atoms with van der Waals surface area (Å²) in [4.78, 5) is 0.219. The van der Waals surface area contributed by atoms with E-state index < -0.39 is 10.0 Å². The average molecular weight is 289 g/mol. The maximum atomic E-state index is 12.3. The van der Waals surface area contributed by atoms with E-state index in [2.05, 4.69) is 4.72 Å². The van der Waals surface area contributed by atoms with E-state index in [-0.39, 0.29) is 16.6 Å². The Labute approximate surface area is 113 Å². The normalized spacial score (nSPS) is 17.2. The second kappa shape index (κ2) is 5.07. The summed E-state index contributed by atoms with van der Waals surface area (Å²) >= 11 is 5.87. The fourth-order valence-electron chi connectivity index (χ4n) is 2.28. The molecule has 18 heavy (non-hydrogen) atoms. The van der Waals surface area contributed by atoms with Gasteiger partial charge in [0.25, 0.3) is 0 Å². The number of nitrogens with one attached hydrogen (secondary N) is 1. The minimum Gasteiger partial charge on any atom is -0.397 e. The fraction of sp³-hybridized carbons (Fsp3) is 0.500. The van der Waals surface area contributed by atoms with Crippen LogP contribution in [0.1, 0.15) is 31.2 Å². The highest BCUT2D eigenvalue weighted by atomic mass is 35.5. The molecule has 1 aliphatic carbocycles. The Morgan fingerprint density at radius 2 is 1.94 bits per heavy atom. The number of halogens is 1. The molecule has 0 bridgehead atoms. The summed E-state index contributed by atoms with van der Waals surface area (Å²) in [6, 6.07) is 3.06. The number of benzene rings is 1. The summed E-state index contributed by atoms with van der Waals surface area (Å²) < 4.78 is 27.3. The third kappa shape index (κ3) is 2.79. The maximum absolute atomic E-state index is 12.3. The third-order valence-electron chi connectivity index (χ3n) is 3.26. The molecule has 0 atom stereocenters. The number of sulfonamides is 1. The zero-order valence-electron chi connectivity index (χ0n) is 10.2. The first-order valence-corrected chi connectivity index (χ1v) is 7.84. The molecule has 2 rings (SSSR count). The zero-order chi connectivity index (χ0) is 13.3. The number of anilines is 1. The molecule has 3 N–H and O–H groups in total. The molecule has 1 fully saturated rings. The Morgan fingerprint density at radius 1 is 1.33 bits per heavy atom. The zero-order valence-corrected chi connectivity index (χ0v) is 11.8. The maximum Gasteiger partial charge on any atom is 0.241 e. The van der Waals surface area contributed by atoms with Gasteiger partial charge in [0.05, 0.1) is 15.6 Å². The molecule has 100 valence electrons. The van der Waals surface area contributed by atoms with Crippen molar-refractivity contribution < 1.29 is 8.42 Å². The molecule has 1 aliphatic rings. The molecular formula is C12H17ClN2O2S. The van der Waals surface area contributed by atoms with Gasteiger partial charge in [0.2, 0.25) is 10.0 Å². The van der Waals surface area contributed by atoms with Crippen LogP contribution in [0.5, 0.6) is 0 Å². The van der Waals surface area contributed by atoms with Crippen LogP contribution in [0.25, 0.3) is 0 Å². The van der Waals surface area contributed by atoms with Crippen LogP contribution in [0, 0.1) is 6.92 Å². The van der Waals surface area contributed by atoms with E-state index in [0.717, 1.165) is 25.7 Å². The number of hydrogen-bond donors (Lipinski definition) is 2. The van der Waals surface area contributed by atoms with Crippen LogP contribution >= 0.6 is 11.6 Å². The van der Waals surface area contributed by atoms with Gasteiger partial charge < -0.3 is 5.73 Å². The second-order valence-corrected chi connectivity index (χ2v) is 6.83. The molecule has 0 unspecified atom stereocenters. The van der Waals surface area contributed by atoms with Crippen LogP contribution < -0.4 is 10.5 Å². The first-order valence-electron chi connectivity index (χ1n) is 5.98. The highest BCUT2D eigenvalue weighted by Crippen LogP contribution is 2.27. The predicted molar refractivity (Wildman–Crippen MR) is 73.2 cm³/mol. The van der Waals surface area contributed by atoms with Gasteiger partial charge in [-0.05, 0) is 37.5 Å².